The Morgan fingerprint density at radius 2 is 1.58 bits per heavy atom. The van der Waals surface area contributed by atoms with E-state index in [-0.39, 0.29) is 11.9 Å². The number of urea groups is 1. The van der Waals surface area contributed by atoms with Crippen molar-refractivity contribution in [2.75, 3.05) is 40.0 Å². The van der Waals surface area contributed by atoms with E-state index in [9.17, 15) is 9.59 Å². The Kier molecular flexibility index (Phi) is 6.94. The summed E-state index contributed by atoms with van der Waals surface area (Å²) in [6.45, 7) is 6.53. The van der Waals surface area contributed by atoms with Gasteiger partial charge in [0.15, 0.2) is 0 Å². The first-order valence-electron chi connectivity index (χ1n) is 12.6. The second-order valence-electron chi connectivity index (χ2n) is 10.0. The minimum atomic E-state index is -0.882. The average molecular weight is 487 g/mol. The molecule has 7 heteroatoms. The molecule has 0 aliphatic carbocycles. The van der Waals surface area contributed by atoms with Gasteiger partial charge in [0.2, 0.25) is 0 Å². The number of nitrogens with zero attached hydrogens (tertiary/aromatic N) is 3. The van der Waals surface area contributed by atoms with E-state index in [0.717, 1.165) is 44.0 Å². The number of benzene rings is 3. The van der Waals surface area contributed by atoms with E-state index in [1.165, 1.54) is 21.2 Å². The number of fused-ring (bicyclic) bond motifs is 1. The van der Waals surface area contributed by atoms with Gasteiger partial charge in [-0.15, -0.1) is 0 Å². The molecule has 0 spiro atoms. The molecule has 2 heterocycles. The molecular formula is C29H34N4O3. The number of hydrogen-bond acceptors (Lipinski definition) is 5. The van der Waals surface area contributed by atoms with Crippen LogP contribution in [0.5, 0.6) is 5.75 Å². The lowest BCUT2D eigenvalue weighted by Gasteiger charge is -2.36. The first kappa shape index (κ1) is 24.3. The smallest absolute Gasteiger partial charge is 0.326 e. The summed E-state index contributed by atoms with van der Waals surface area (Å²) in [4.78, 5) is 32.0. The monoisotopic (exact) mass is 486 g/mol. The van der Waals surface area contributed by atoms with Gasteiger partial charge in [0, 0.05) is 32.7 Å². The van der Waals surface area contributed by atoms with Crippen molar-refractivity contribution >= 4 is 22.7 Å². The molecule has 188 valence electrons. The molecule has 0 aromatic heterocycles. The van der Waals surface area contributed by atoms with Crippen LogP contribution in [0.2, 0.25) is 0 Å². The fourth-order valence-corrected chi connectivity index (χ4v) is 5.19. The summed E-state index contributed by atoms with van der Waals surface area (Å²) in [5.41, 5.74) is 1.57. The van der Waals surface area contributed by atoms with Gasteiger partial charge in [-0.3, -0.25) is 14.6 Å². The predicted molar refractivity (Wildman–Crippen MR) is 141 cm³/mol. The minimum Gasteiger partial charge on any atom is -0.497 e. The Labute approximate surface area is 212 Å². The van der Waals surface area contributed by atoms with Gasteiger partial charge in [0.25, 0.3) is 5.91 Å². The zero-order valence-corrected chi connectivity index (χ0v) is 21.1. The lowest BCUT2D eigenvalue weighted by molar-refractivity contribution is -0.132. The highest BCUT2D eigenvalue weighted by Crippen LogP contribution is 2.25. The first-order valence-corrected chi connectivity index (χ1v) is 12.6. The molecule has 1 N–H and O–H groups in total. The molecule has 2 aliphatic rings. The Morgan fingerprint density at radius 1 is 0.889 bits per heavy atom. The molecule has 3 aromatic carbocycles. The molecule has 2 fully saturated rings. The van der Waals surface area contributed by atoms with Gasteiger partial charge in [0.1, 0.15) is 11.3 Å². The van der Waals surface area contributed by atoms with Crippen molar-refractivity contribution in [3.63, 3.8) is 0 Å². The van der Waals surface area contributed by atoms with Crippen LogP contribution in [0.15, 0.2) is 66.7 Å². The summed E-state index contributed by atoms with van der Waals surface area (Å²) in [6.07, 6.45) is 1.26. The van der Waals surface area contributed by atoms with Gasteiger partial charge >= 0.3 is 6.03 Å². The van der Waals surface area contributed by atoms with Crippen molar-refractivity contribution in [1.82, 2.24) is 20.0 Å². The quantitative estimate of drug-likeness (QED) is 0.490. The molecule has 0 radical (unpaired) electrons. The molecule has 5 rings (SSSR count). The summed E-state index contributed by atoms with van der Waals surface area (Å²) in [5, 5.41) is 5.51. The van der Waals surface area contributed by atoms with Crippen LogP contribution in [0, 0.1) is 0 Å². The van der Waals surface area contributed by atoms with Crippen molar-refractivity contribution in [2.45, 2.75) is 31.8 Å². The van der Waals surface area contributed by atoms with Gasteiger partial charge in [-0.05, 0) is 53.8 Å². The highest BCUT2D eigenvalue weighted by atomic mass is 16.5. The molecule has 36 heavy (non-hydrogen) atoms. The number of aryl methyl sites for hydroxylation is 1. The number of nitrogens with one attached hydrogen (secondary N) is 1. The largest absolute Gasteiger partial charge is 0.497 e. The van der Waals surface area contributed by atoms with Crippen LogP contribution in [0.1, 0.15) is 24.5 Å². The normalized spacial score (nSPS) is 21.2. The van der Waals surface area contributed by atoms with Crippen molar-refractivity contribution in [2.24, 2.45) is 0 Å². The molecule has 3 amide bonds. The van der Waals surface area contributed by atoms with Crippen LogP contribution >= 0.6 is 0 Å². The second-order valence-corrected chi connectivity index (χ2v) is 10.0. The number of imide groups is 1. The van der Waals surface area contributed by atoms with Gasteiger partial charge in [0.05, 0.1) is 13.8 Å². The number of methoxy groups -OCH3 is 1. The van der Waals surface area contributed by atoms with E-state index in [1.807, 2.05) is 31.2 Å². The molecule has 0 bridgehead atoms. The van der Waals surface area contributed by atoms with Gasteiger partial charge in [-0.2, -0.15) is 0 Å². The molecule has 0 saturated carbocycles. The molecule has 3 aromatic rings. The van der Waals surface area contributed by atoms with Crippen LogP contribution in [-0.2, 0) is 17.8 Å². The lowest BCUT2D eigenvalue weighted by atomic mass is 9.93. The van der Waals surface area contributed by atoms with Crippen LogP contribution in [0.4, 0.5) is 4.79 Å². The summed E-state index contributed by atoms with van der Waals surface area (Å²) in [7, 11) is 1.64. The number of carbonyl (C=O) groups is 2. The van der Waals surface area contributed by atoms with Gasteiger partial charge in [-0.25, -0.2) is 9.69 Å². The number of ether oxygens (including phenoxy) is 1. The van der Waals surface area contributed by atoms with E-state index in [1.54, 1.807) is 7.11 Å². The highest BCUT2D eigenvalue weighted by Gasteiger charge is 2.47. The number of carbonyl (C=O) groups excluding carboxylic acids is 2. The van der Waals surface area contributed by atoms with E-state index in [4.69, 9.17) is 4.74 Å². The fraction of sp³-hybridized carbons (Fsp3) is 0.379. The van der Waals surface area contributed by atoms with Crippen LogP contribution < -0.4 is 10.1 Å². The maximum Gasteiger partial charge on any atom is 0.326 e. The first-order chi connectivity index (χ1) is 17.4. The average Bonchev–Trinajstić information content (AvgIpc) is 3.12. The van der Waals surface area contributed by atoms with E-state index < -0.39 is 5.54 Å². The zero-order valence-electron chi connectivity index (χ0n) is 21.1. The Hall–Kier alpha value is -3.42. The van der Waals surface area contributed by atoms with Gasteiger partial charge in [-0.1, -0.05) is 54.6 Å². The number of piperazine rings is 1. The van der Waals surface area contributed by atoms with E-state index in [2.05, 4.69) is 57.6 Å². The minimum absolute atomic E-state index is 0.140. The molecule has 2 aliphatic heterocycles. The third-order valence-corrected chi connectivity index (χ3v) is 7.50. The standard InChI is InChI=1S/C29H34N4O3/c1-29(15-14-22-10-12-25(36-2)13-11-22)27(34)33(28(35)30-29)21-32-18-16-31(17-19-32)20-24-8-5-7-23-6-3-4-9-26(23)24/h3-13H,14-21H2,1-2H3,(H,30,35). The maximum atomic E-state index is 13.2. The number of hydrogen-bond donors (Lipinski definition) is 1. The molecular weight excluding hydrogens is 452 g/mol. The Morgan fingerprint density at radius 3 is 2.33 bits per heavy atom. The third-order valence-electron chi connectivity index (χ3n) is 7.50. The molecule has 1 unspecified atom stereocenters. The Balaban J connectivity index is 1.14. The second kappa shape index (κ2) is 10.3. The maximum absolute atomic E-state index is 13.2. The third kappa shape index (κ3) is 5.08. The van der Waals surface area contributed by atoms with Crippen LogP contribution in [0.3, 0.4) is 0 Å². The van der Waals surface area contributed by atoms with Crippen LogP contribution in [-0.4, -0.2) is 72.1 Å². The molecule has 7 nitrogen and oxygen atoms in total. The zero-order chi connectivity index (χ0) is 25.1. The summed E-state index contributed by atoms with van der Waals surface area (Å²) >= 11 is 0. The molecule has 1 atom stereocenters. The number of rotatable bonds is 8. The van der Waals surface area contributed by atoms with Crippen LogP contribution in [0.25, 0.3) is 10.8 Å². The SMILES string of the molecule is COc1ccc(CCC2(C)NC(=O)N(CN3CCN(Cc4cccc5ccccc45)CC3)C2=O)cc1. The van der Waals surface area contributed by atoms with Crippen molar-refractivity contribution in [3.05, 3.63) is 77.9 Å². The lowest BCUT2D eigenvalue weighted by Crippen LogP contribution is -2.51. The van der Waals surface area contributed by atoms with Crippen molar-refractivity contribution in [3.8, 4) is 5.75 Å². The highest BCUT2D eigenvalue weighted by molar-refractivity contribution is 6.06. The van der Waals surface area contributed by atoms with Crippen molar-refractivity contribution in [1.29, 1.82) is 0 Å². The van der Waals surface area contributed by atoms with Gasteiger partial charge < -0.3 is 10.1 Å². The fourth-order valence-electron chi connectivity index (χ4n) is 5.19. The summed E-state index contributed by atoms with van der Waals surface area (Å²) < 4.78 is 5.21. The molecule has 2 saturated heterocycles. The van der Waals surface area contributed by atoms with E-state index in [0.29, 0.717) is 19.5 Å². The predicted octanol–water partition coefficient (Wildman–Crippen LogP) is 3.87. The summed E-state index contributed by atoms with van der Waals surface area (Å²) in [6, 6.07) is 22.5. The number of amides is 3. The Bertz CT molecular complexity index is 1230. The van der Waals surface area contributed by atoms with Crippen molar-refractivity contribution < 1.29 is 14.3 Å². The topological polar surface area (TPSA) is 65.1 Å². The van der Waals surface area contributed by atoms with E-state index >= 15 is 0 Å². The summed E-state index contributed by atoms with van der Waals surface area (Å²) in [5.74, 6) is 0.665.